The van der Waals surface area contributed by atoms with Crippen LogP contribution in [0.1, 0.15) is 34.1 Å². The molecule has 1 unspecified atom stereocenters. The number of rotatable bonds is 4. The van der Waals surface area contributed by atoms with Crippen molar-refractivity contribution in [3.63, 3.8) is 0 Å². The van der Waals surface area contributed by atoms with Gasteiger partial charge in [0.2, 0.25) is 0 Å². The zero-order chi connectivity index (χ0) is 9.02. The summed E-state index contributed by atoms with van der Waals surface area (Å²) in [4.78, 5) is 2.35. The van der Waals surface area contributed by atoms with Gasteiger partial charge in [-0.25, -0.2) is 0 Å². The van der Waals surface area contributed by atoms with E-state index in [4.69, 9.17) is 0 Å². The molecule has 0 saturated heterocycles. The van der Waals surface area contributed by atoms with Gasteiger partial charge >= 0.3 is 0 Å². The fourth-order valence-corrected chi connectivity index (χ4v) is 2.00. The predicted octanol–water partition coefficient (Wildman–Crippen LogP) is 2.62. The molecule has 0 radical (unpaired) electrons. The van der Waals surface area contributed by atoms with Gasteiger partial charge in [-0.1, -0.05) is 34.1 Å². The molecule has 0 rings (SSSR count). The van der Waals surface area contributed by atoms with Crippen LogP contribution < -0.4 is 0 Å². The molecule has 0 aliphatic rings. The van der Waals surface area contributed by atoms with Crippen molar-refractivity contribution in [3.05, 3.63) is 0 Å². The molecular formula is C10H23N. The highest BCUT2D eigenvalue weighted by Gasteiger charge is 2.20. The van der Waals surface area contributed by atoms with E-state index >= 15 is 0 Å². The highest BCUT2D eigenvalue weighted by molar-refractivity contribution is 4.74. The predicted molar refractivity (Wildman–Crippen MR) is 51.8 cm³/mol. The van der Waals surface area contributed by atoms with Crippen molar-refractivity contribution in [3.8, 4) is 0 Å². The lowest BCUT2D eigenvalue weighted by Crippen LogP contribution is -2.38. The van der Waals surface area contributed by atoms with E-state index in [-0.39, 0.29) is 0 Å². The molecule has 0 bridgehead atoms. The summed E-state index contributed by atoms with van der Waals surface area (Å²) < 4.78 is 0. The average molecular weight is 157 g/mol. The van der Waals surface area contributed by atoms with E-state index in [0.29, 0.717) is 0 Å². The monoisotopic (exact) mass is 157 g/mol. The van der Waals surface area contributed by atoms with Crippen LogP contribution in [-0.2, 0) is 0 Å². The molecule has 0 spiro atoms. The number of hydrogen-bond donors (Lipinski definition) is 0. The molecule has 0 amide bonds. The SMILES string of the molecule is CC[C@@H](C)C(C(C)C)N(C)C. The summed E-state index contributed by atoms with van der Waals surface area (Å²) in [5, 5.41) is 0. The van der Waals surface area contributed by atoms with Crippen LogP contribution >= 0.6 is 0 Å². The van der Waals surface area contributed by atoms with Gasteiger partial charge in [-0.15, -0.1) is 0 Å². The number of nitrogens with zero attached hydrogens (tertiary/aromatic N) is 1. The van der Waals surface area contributed by atoms with Gasteiger partial charge in [0.25, 0.3) is 0 Å². The second-order valence-electron chi connectivity index (χ2n) is 4.08. The fourth-order valence-electron chi connectivity index (χ4n) is 2.00. The Bertz CT molecular complexity index is 89.0. The summed E-state index contributed by atoms with van der Waals surface area (Å²) in [7, 11) is 4.35. The van der Waals surface area contributed by atoms with E-state index in [1.165, 1.54) is 6.42 Å². The third kappa shape index (κ3) is 3.24. The molecule has 1 heteroatoms. The van der Waals surface area contributed by atoms with Crippen molar-refractivity contribution in [1.82, 2.24) is 4.90 Å². The van der Waals surface area contributed by atoms with Crippen LogP contribution in [0, 0.1) is 11.8 Å². The Balaban J connectivity index is 4.09. The highest BCUT2D eigenvalue weighted by Crippen LogP contribution is 2.19. The molecule has 11 heavy (non-hydrogen) atoms. The Kier molecular flexibility index (Phi) is 4.74. The quantitative estimate of drug-likeness (QED) is 0.606. The number of hydrogen-bond acceptors (Lipinski definition) is 1. The van der Waals surface area contributed by atoms with Gasteiger partial charge in [0.05, 0.1) is 0 Å². The normalized spacial score (nSPS) is 17.5. The Morgan fingerprint density at radius 3 is 1.64 bits per heavy atom. The summed E-state index contributed by atoms with van der Waals surface area (Å²) in [5.41, 5.74) is 0. The largest absolute Gasteiger partial charge is 0.306 e. The lowest BCUT2D eigenvalue weighted by molar-refractivity contribution is 0.164. The highest BCUT2D eigenvalue weighted by atomic mass is 15.1. The molecule has 0 aromatic rings. The Hall–Kier alpha value is -0.0400. The van der Waals surface area contributed by atoms with E-state index in [9.17, 15) is 0 Å². The van der Waals surface area contributed by atoms with Crippen LogP contribution in [0.4, 0.5) is 0 Å². The topological polar surface area (TPSA) is 3.24 Å². The Labute approximate surface area is 71.8 Å². The van der Waals surface area contributed by atoms with Crippen LogP contribution in [0.3, 0.4) is 0 Å². The average Bonchev–Trinajstić information content (AvgIpc) is 1.85. The van der Waals surface area contributed by atoms with Gasteiger partial charge in [-0.3, -0.25) is 0 Å². The van der Waals surface area contributed by atoms with Crippen molar-refractivity contribution in [2.24, 2.45) is 11.8 Å². The minimum Gasteiger partial charge on any atom is -0.306 e. The van der Waals surface area contributed by atoms with E-state index in [2.05, 4.69) is 46.7 Å². The van der Waals surface area contributed by atoms with E-state index in [1.807, 2.05) is 0 Å². The molecule has 0 aliphatic carbocycles. The standard InChI is InChI=1S/C10H23N/c1-7-9(4)10(8(2)3)11(5)6/h8-10H,7H2,1-6H3/t9-,10?/m1/s1. The lowest BCUT2D eigenvalue weighted by Gasteiger charge is -2.32. The Morgan fingerprint density at radius 2 is 1.55 bits per heavy atom. The van der Waals surface area contributed by atoms with Crippen LogP contribution in [-0.4, -0.2) is 25.0 Å². The van der Waals surface area contributed by atoms with Gasteiger partial charge in [-0.2, -0.15) is 0 Å². The second kappa shape index (κ2) is 4.76. The molecule has 0 aliphatic heterocycles. The van der Waals surface area contributed by atoms with E-state index in [0.717, 1.165) is 17.9 Å². The molecule has 68 valence electrons. The molecule has 0 saturated carbocycles. The molecule has 0 N–H and O–H groups in total. The lowest BCUT2D eigenvalue weighted by atomic mass is 9.89. The van der Waals surface area contributed by atoms with Gasteiger partial charge < -0.3 is 4.90 Å². The summed E-state index contributed by atoms with van der Waals surface area (Å²) >= 11 is 0. The smallest absolute Gasteiger partial charge is 0.0138 e. The van der Waals surface area contributed by atoms with Crippen molar-refractivity contribution in [2.75, 3.05) is 14.1 Å². The van der Waals surface area contributed by atoms with E-state index in [1.54, 1.807) is 0 Å². The van der Waals surface area contributed by atoms with Gasteiger partial charge in [0.15, 0.2) is 0 Å². The van der Waals surface area contributed by atoms with Crippen molar-refractivity contribution in [1.29, 1.82) is 0 Å². The van der Waals surface area contributed by atoms with Crippen LogP contribution in [0.5, 0.6) is 0 Å². The molecular weight excluding hydrogens is 134 g/mol. The molecule has 2 atom stereocenters. The van der Waals surface area contributed by atoms with Crippen molar-refractivity contribution < 1.29 is 0 Å². The first-order valence-electron chi connectivity index (χ1n) is 4.67. The summed E-state index contributed by atoms with van der Waals surface area (Å²) in [6.07, 6.45) is 1.28. The maximum absolute atomic E-state index is 2.35. The summed E-state index contributed by atoms with van der Waals surface area (Å²) in [6, 6.07) is 0.736. The minimum absolute atomic E-state index is 0.736. The first-order chi connectivity index (χ1) is 5.00. The second-order valence-corrected chi connectivity index (χ2v) is 4.08. The molecule has 0 aromatic carbocycles. The van der Waals surface area contributed by atoms with Crippen LogP contribution in [0.2, 0.25) is 0 Å². The third-order valence-electron chi connectivity index (χ3n) is 2.51. The van der Waals surface area contributed by atoms with Crippen molar-refractivity contribution >= 4 is 0 Å². The molecule has 0 heterocycles. The van der Waals surface area contributed by atoms with Crippen LogP contribution in [0.15, 0.2) is 0 Å². The first-order valence-corrected chi connectivity index (χ1v) is 4.67. The minimum atomic E-state index is 0.736. The van der Waals surface area contributed by atoms with Crippen molar-refractivity contribution in [2.45, 2.75) is 40.2 Å². The zero-order valence-corrected chi connectivity index (χ0v) is 8.89. The Morgan fingerprint density at radius 1 is 1.09 bits per heavy atom. The third-order valence-corrected chi connectivity index (χ3v) is 2.51. The maximum Gasteiger partial charge on any atom is 0.0138 e. The van der Waals surface area contributed by atoms with Gasteiger partial charge in [0, 0.05) is 6.04 Å². The van der Waals surface area contributed by atoms with Crippen LogP contribution in [0.25, 0.3) is 0 Å². The van der Waals surface area contributed by atoms with Gasteiger partial charge in [0.1, 0.15) is 0 Å². The zero-order valence-electron chi connectivity index (χ0n) is 8.89. The van der Waals surface area contributed by atoms with Gasteiger partial charge in [-0.05, 0) is 25.9 Å². The maximum atomic E-state index is 2.35. The van der Waals surface area contributed by atoms with E-state index < -0.39 is 0 Å². The molecule has 1 nitrogen and oxygen atoms in total. The summed E-state index contributed by atoms with van der Waals surface area (Å²) in [5.74, 6) is 1.57. The first kappa shape index (κ1) is 11.0. The molecule has 0 fully saturated rings. The fraction of sp³-hybridized carbons (Fsp3) is 1.00. The summed E-state index contributed by atoms with van der Waals surface area (Å²) in [6.45, 7) is 9.21. The molecule has 0 aromatic heterocycles.